The zero-order chi connectivity index (χ0) is 33.0. The first-order valence-corrected chi connectivity index (χ1v) is 16.6. The van der Waals surface area contributed by atoms with Crippen molar-refractivity contribution in [2.24, 2.45) is 0 Å². The van der Waals surface area contributed by atoms with E-state index in [0.717, 1.165) is 82.8 Å². The third-order valence-corrected chi connectivity index (χ3v) is 9.38. The minimum atomic E-state index is 0.548. The summed E-state index contributed by atoms with van der Waals surface area (Å²) in [7, 11) is 0. The van der Waals surface area contributed by atoms with E-state index in [0.29, 0.717) is 17.5 Å². The summed E-state index contributed by atoms with van der Waals surface area (Å²) in [4.78, 5) is 15.1. The van der Waals surface area contributed by atoms with Gasteiger partial charge in [-0.3, -0.25) is 0 Å². The molecule has 0 aliphatic heterocycles. The van der Waals surface area contributed by atoms with E-state index < -0.39 is 0 Å². The molecule has 0 saturated heterocycles. The number of furan rings is 2. The number of nitrogens with zero attached hydrogens (tertiary/aromatic N) is 3. The highest BCUT2D eigenvalue weighted by molar-refractivity contribution is 6.16. The van der Waals surface area contributed by atoms with Crippen molar-refractivity contribution in [2.75, 3.05) is 0 Å². The predicted octanol–water partition coefficient (Wildman–Crippen LogP) is 12.0. The van der Waals surface area contributed by atoms with Gasteiger partial charge in [0.05, 0.1) is 5.56 Å². The molecule has 0 atom stereocenters. The molecule has 50 heavy (non-hydrogen) atoms. The highest BCUT2D eigenvalue weighted by atomic mass is 16.3. The van der Waals surface area contributed by atoms with Crippen molar-refractivity contribution in [1.29, 1.82) is 0 Å². The van der Waals surface area contributed by atoms with E-state index in [1.54, 1.807) is 0 Å². The van der Waals surface area contributed by atoms with Crippen molar-refractivity contribution in [3.05, 3.63) is 164 Å². The maximum Gasteiger partial charge on any atom is 0.167 e. The molecule has 0 unspecified atom stereocenters. The van der Waals surface area contributed by atoms with Gasteiger partial charge in [-0.1, -0.05) is 152 Å². The molecule has 0 aliphatic carbocycles. The van der Waals surface area contributed by atoms with Crippen molar-refractivity contribution in [2.45, 2.75) is 0 Å². The first-order valence-electron chi connectivity index (χ1n) is 16.6. The molecule has 5 heteroatoms. The standard InChI is InChI=1S/C45H27N3O2/c1-3-12-28(13-4-1)29-24-26-31(27-25-29)44-46-43(30-14-5-2-6-15-30)47-45(48-44)38-22-11-21-37-36-20-10-19-35(41(36)50-42(37)38)34-18-9-17-33-32-16-7-8-23-39(32)49-40(33)34/h1-27H. The second-order valence-electron chi connectivity index (χ2n) is 12.4. The number of para-hydroxylation sites is 4. The fourth-order valence-electron chi connectivity index (χ4n) is 6.95. The summed E-state index contributed by atoms with van der Waals surface area (Å²) in [5, 5.41) is 4.18. The SMILES string of the molecule is c1ccc(-c2ccc(-c3nc(-c4ccccc4)nc(-c4cccc5c4oc4c(-c6cccc7c6oc6ccccc67)cccc45)n3)cc2)cc1. The van der Waals surface area contributed by atoms with Crippen LogP contribution >= 0.6 is 0 Å². The number of fused-ring (bicyclic) bond motifs is 6. The Hall–Kier alpha value is -6.85. The molecule has 0 bridgehead atoms. The summed E-state index contributed by atoms with van der Waals surface area (Å²) in [5.74, 6) is 1.74. The second-order valence-corrected chi connectivity index (χ2v) is 12.4. The molecule has 0 spiro atoms. The highest BCUT2D eigenvalue weighted by Gasteiger charge is 2.21. The molecule has 7 aromatic carbocycles. The van der Waals surface area contributed by atoms with Gasteiger partial charge >= 0.3 is 0 Å². The predicted molar refractivity (Wildman–Crippen MR) is 202 cm³/mol. The molecule has 5 nitrogen and oxygen atoms in total. The van der Waals surface area contributed by atoms with E-state index in [1.165, 1.54) is 0 Å². The minimum absolute atomic E-state index is 0.548. The first-order chi connectivity index (χ1) is 24.8. The maximum absolute atomic E-state index is 6.86. The van der Waals surface area contributed by atoms with Crippen LogP contribution in [0.15, 0.2) is 173 Å². The lowest BCUT2D eigenvalue weighted by atomic mass is 9.99. The van der Waals surface area contributed by atoms with E-state index >= 15 is 0 Å². The number of hydrogen-bond donors (Lipinski definition) is 0. The molecule has 3 heterocycles. The Bertz CT molecular complexity index is 2850. The largest absolute Gasteiger partial charge is 0.455 e. The summed E-state index contributed by atoms with van der Waals surface area (Å²) in [5.41, 5.74) is 10.1. The highest BCUT2D eigenvalue weighted by Crippen LogP contribution is 2.43. The van der Waals surface area contributed by atoms with Crippen LogP contribution in [0.3, 0.4) is 0 Å². The summed E-state index contributed by atoms with van der Waals surface area (Å²) in [6.07, 6.45) is 0. The molecule has 0 N–H and O–H groups in total. The van der Waals surface area contributed by atoms with Crippen LogP contribution in [0.2, 0.25) is 0 Å². The average molecular weight is 642 g/mol. The Labute approximate surface area is 287 Å². The number of rotatable bonds is 5. The molecular formula is C45H27N3O2. The molecule has 0 saturated carbocycles. The molecule has 234 valence electrons. The molecule has 3 aromatic heterocycles. The molecule has 0 fully saturated rings. The maximum atomic E-state index is 6.86. The Balaban J connectivity index is 1.16. The first kappa shape index (κ1) is 28.2. The summed E-state index contributed by atoms with van der Waals surface area (Å²) in [6.45, 7) is 0. The number of hydrogen-bond acceptors (Lipinski definition) is 5. The van der Waals surface area contributed by atoms with Crippen LogP contribution in [0.5, 0.6) is 0 Å². The zero-order valence-electron chi connectivity index (χ0n) is 26.7. The van der Waals surface area contributed by atoms with Crippen LogP contribution in [0.25, 0.3) is 100 Å². The summed E-state index contributed by atoms with van der Waals surface area (Å²) >= 11 is 0. The van der Waals surface area contributed by atoms with Crippen LogP contribution < -0.4 is 0 Å². The fourth-order valence-corrected chi connectivity index (χ4v) is 6.95. The quantitative estimate of drug-likeness (QED) is 0.187. The van der Waals surface area contributed by atoms with Crippen molar-refractivity contribution >= 4 is 43.9 Å². The number of benzene rings is 7. The lowest BCUT2D eigenvalue weighted by Gasteiger charge is -2.09. The third-order valence-electron chi connectivity index (χ3n) is 9.38. The fraction of sp³-hybridized carbons (Fsp3) is 0. The Kier molecular flexibility index (Phi) is 6.42. The second kappa shape index (κ2) is 11.4. The normalized spacial score (nSPS) is 11.6. The molecular weight excluding hydrogens is 615 g/mol. The van der Waals surface area contributed by atoms with E-state index in [4.69, 9.17) is 23.8 Å². The van der Waals surface area contributed by atoms with Gasteiger partial charge in [-0.05, 0) is 23.3 Å². The van der Waals surface area contributed by atoms with Crippen molar-refractivity contribution in [3.8, 4) is 56.4 Å². The van der Waals surface area contributed by atoms with E-state index in [2.05, 4.69) is 97.1 Å². The Morgan fingerprint density at radius 2 is 0.700 bits per heavy atom. The van der Waals surface area contributed by atoms with Crippen molar-refractivity contribution < 1.29 is 8.83 Å². The summed E-state index contributed by atoms with van der Waals surface area (Å²) < 4.78 is 13.3. The lowest BCUT2D eigenvalue weighted by molar-refractivity contribution is 0.665. The minimum Gasteiger partial charge on any atom is -0.455 e. The van der Waals surface area contributed by atoms with Gasteiger partial charge in [-0.25, -0.2) is 15.0 Å². The topological polar surface area (TPSA) is 65.0 Å². The third kappa shape index (κ3) is 4.60. The van der Waals surface area contributed by atoms with Crippen LogP contribution in [0.1, 0.15) is 0 Å². The van der Waals surface area contributed by atoms with Crippen molar-refractivity contribution in [1.82, 2.24) is 15.0 Å². The van der Waals surface area contributed by atoms with Gasteiger partial charge < -0.3 is 8.83 Å². The van der Waals surface area contributed by atoms with Gasteiger partial charge in [-0.2, -0.15) is 0 Å². The lowest BCUT2D eigenvalue weighted by Crippen LogP contribution is -2.00. The molecule has 0 radical (unpaired) electrons. The smallest absolute Gasteiger partial charge is 0.167 e. The average Bonchev–Trinajstić information content (AvgIpc) is 3.77. The van der Waals surface area contributed by atoms with Gasteiger partial charge in [0.1, 0.15) is 22.3 Å². The Morgan fingerprint density at radius 1 is 0.280 bits per heavy atom. The zero-order valence-corrected chi connectivity index (χ0v) is 26.7. The van der Waals surface area contributed by atoms with Gasteiger partial charge in [0, 0.05) is 43.8 Å². The van der Waals surface area contributed by atoms with Gasteiger partial charge in [0.25, 0.3) is 0 Å². The van der Waals surface area contributed by atoms with Crippen LogP contribution in [-0.2, 0) is 0 Å². The monoisotopic (exact) mass is 641 g/mol. The Morgan fingerprint density at radius 3 is 1.36 bits per heavy atom. The van der Waals surface area contributed by atoms with Crippen LogP contribution in [0, 0.1) is 0 Å². The molecule has 0 aliphatic rings. The van der Waals surface area contributed by atoms with Gasteiger partial charge in [-0.15, -0.1) is 0 Å². The van der Waals surface area contributed by atoms with Crippen LogP contribution in [0.4, 0.5) is 0 Å². The van der Waals surface area contributed by atoms with E-state index in [9.17, 15) is 0 Å². The number of aromatic nitrogens is 3. The molecule has 10 rings (SSSR count). The molecule has 0 amide bonds. The molecule has 10 aromatic rings. The van der Waals surface area contributed by atoms with Crippen LogP contribution in [-0.4, -0.2) is 15.0 Å². The van der Waals surface area contributed by atoms with E-state index in [1.807, 2.05) is 66.7 Å². The summed E-state index contributed by atoms with van der Waals surface area (Å²) in [6, 6.07) is 55.6. The van der Waals surface area contributed by atoms with Crippen molar-refractivity contribution in [3.63, 3.8) is 0 Å². The van der Waals surface area contributed by atoms with Gasteiger partial charge in [0.2, 0.25) is 0 Å². The van der Waals surface area contributed by atoms with E-state index in [-0.39, 0.29) is 0 Å². The van der Waals surface area contributed by atoms with Gasteiger partial charge in [0.15, 0.2) is 17.5 Å².